The Hall–Kier alpha value is -1.70. The van der Waals surface area contributed by atoms with Gasteiger partial charge in [-0.3, -0.25) is 9.59 Å². The summed E-state index contributed by atoms with van der Waals surface area (Å²) in [4.78, 5) is 22.0. The number of carboxylic acids is 1. The van der Waals surface area contributed by atoms with Crippen LogP contribution in [-0.4, -0.2) is 34.7 Å². The lowest BCUT2D eigenvalue weighted by atomic mass is 10.1. The molecule has 0 aromatic heterocycles. The van der Waals surface area contributed by atoms with Crippen LogP contribution in [0.4, 0.5) is 18.9 Å². The van der Waals surface area contributed by atoms with Crippen molar-refractivity contribution < 1.29 is 27.9 Å². The van der Waals surface area contributed by atoms with Crippen LogP contribution in [0.15, 0.2) is 24.3 Å². The summed E-state index contributed by atoms with van der Waals surface area (Å²) in [5, 5.41) is 11.1. The second-order valence-electron chi connectivity index (χ2n) is 3.93. The molecule has 1 aromatic rings. The molecule has 0 fully saturated rings. The van der Waals surface area contributed by atoms with Crippen LogP contribution in [0.2, 0.25) is 0 Å². The van der Waals surface area contributed by atoms with Gasteiger partial charge in [0.2, 0.25) is 5.91 Å². The third-order valence-corrected chi connectivity index (χ3v) is 3.06. The minimum atomic E-state index is -4.30. The van der Waals surface area contributed by atoms with Crippen molar-refractivity contribution in [3.8, 4) is 0 Å². The number of carbonyl (C=O) groups excluding carboxylic acids is 1. The van der Waals surface area contributed by atoms with E-state index in [1.54, 1.807) is 12.1 Å². The van der Waals surface area contributed by atoms with Gasteiger partial charge in [-0.05, 0) is 17.7 Å². The van der Waals surface area contributed by atoms with Crippen molar-refractivity contribution in [2.45, 2.75) is 12.6 Å². The number of carboxylic acid groups (broad SMARTS) is 1. The van der Waals surface area contributed by atoms with Crippen LogP contribution in [0.25, 0.3) is 0 Å². The molecule has 0 heterocycles. The topological polar surface area (TPSA) is 66.4 Å². The third-order valence-electron chi connectivity index (χ3n) is 2.06. The van der Waals surface area contributed by atoms with Crippen molar-refractivity contribution in [2.75, 3.05) is 16.8 Å². The molecular formula is C12H12F3NO3S. The Labute approximate surface area is 117 Å². The molecule has 1 amide bonds. The average molecular weight is 307 g/mol. The Kier molecular flexibility index (Phi) is 5.87. The molecule has 0 spiro atoms. The number of anilines is 1. The maximum absolute atomic E-state index is 11.9. The van der Waals surface area contributed by atoms with Gasteiger partial charge in [-0.15, -0.1) is 11.8 Å². The molecule has 0 aliphatic rings. The third kappa shape index (κ3) is 7.03. The second kappa shape index (κ2) is 7.18. The second-order valence-corrected chi connectivity index (χ2v) is 4.91. The number of aliphatic carboxylic acids is 1. The van der Waals surface area contributed by atoms with E-state index in [4.69, 9.17) is 5.11 Å². The molecule has 1 rings (SSSR count). The van der Waals surface area contributed by atoms with E-state index >= 15 is 0 Å². The number of rotatable bonds is 6. The first-order valence-corrected chi connectivity index (χ1v) is 6.67. The molecule has 4 nitrogen and oxygen atoms in total. The van der Waals surface area contributed by atoms with Gasteiger partial charge >= 0.3 is 12.1 Å². The molecule has 2 N–H and O–H groups in total. The maximum Gasteiger partial charge on any atom is 0.397 e. The van der Waals surface area contributed by atoms with Gasteiger partial charge in [-0.1, -0.05) is 12.1 Å². The number of thioether (sulfide) groups is 1. The van der Waals surface area contributed by atoms with Gasteiger partial charge in [0.05, 0.1) is 17.9 Å². The van der Waals surface area contributed by atoms with Crippen LogP contribution in [0, 0.1) is 0 Å². The number of hydrogen-bond donors (Lipinski definition) is 2. The molecule has 0 bridgehead atoms. The summed E-state index contributed by atoms with van der Waals surface area (Å²) in [6.07, 6.45) is -4.49. The molecule has 0 aliphatic heterocycles. The van der Waals surface area contributed by atoms with Gasteiger partial charge in [0.1, 0.15) is 0 Å². The fourth-order valence-electron chi connectivity index (χ4n) is 1.39. The van der Waals surface area contributed by atoms with Gasteiger partial charge < -0.3 is 10.4 Å². The summed E-state index contributed by atoms with van der Waals surface area (Å²) >= 11 is 0.471. The Morgan fingerprint density at radius 1 is 1.30 bits per heavy atom. The van der Waals surface area contributed by atoms with E-state index in [1.807, 2.05) is 0 Å². The Balaban J connectivity index is 2.47. The van der Waals surface area contributed by atoms with E-state index in [-0.39, 0.29) is 12.2 Å². The van der Waals surface area contributed by atoms with E-state index in [9.17, 15) is 22.8 Å². The number of halogens is 3. The number of hydrogen-bond acceptors (Lipinski definition) is 3. The van der Waals surface area contributed by atoms with Crippen LogP contribution in [0.1, 0.15) is 5.56 Å². The van der Waals surface area contributed by atoms with Crippen molar-refractivity contribution in [3.05, 3.63) is 29.8 Å². The molecular weight excluding hydrogens is 295 g/mol. The monoisotopic (exact) mass is 307 g/mol. The summed E-state index contributed by atoms with van der Waals surface area (Å²) in [5.74, 6) is -2.97. The first kappa shape index (κ1) is 16.4. The lowest BCUT2D eigenvalue weighted by Crippen LogP contribution is -2.18. The highest BCUT2D eigenvalue weighted by Gasteiger charge is 2.27. The van der Waals surface area contributed by atoms with Gasteiger partial charge in [0, 0.05) is 5.69 Å². The van der Waals surface area contributed by atoms with E-state index < -0.39 is 23.8 Å². The highest BCUT2D eigenvalue weighted by atomic mass is 32.2. The summed E-state index contributed by atoms with van der Waals surface area (Å²) in [6.45, 7) is 0. The fourth-order valence-corrected chi connectivity index (χ4v) is 1.98. The van der Waals surface area contributed by atoms with Crippen molar-refractivity contribution in [2.24, 2.45) is 0 Å². The molecule has 8 heteroatoms. The first-order valence-electron chi connectivity index (χ1n) is 5.51. The summed E-state index contributed by atoms with van der Waals surface area (Å²) in [7, 11) is 0. The molecule has 0 unspecified atom stereocenters. The summed E-state index contributed by atoms with van der Waals surface area (Å²) < 4.78 is 35.7. The lowest BCUT2D eigenvalue weighted by Gasteiger charge is -2.08. The van der Waals surface area contributed by atoms with Gasteiger partial charge in [-0.2, -0.15) is 13.2 Å². The molecule has 0 saturated heterocycles. The maximum atomic E-state index is 11.9. The van der Waals surface area contributed by atoms with E-state index in [2.05, 4.69) is 5.32 Å². The molecule has 0 aliphatic carbocycles. The highest BCUT2D eigenvalue weighted by molar-refractivity contribution is 8.00. The number of carbonyl (C=O) groups is 2. The van der Waals surface area contributed by atoms with E-state index in [1.165, 1.54) is 12.1 Å². The number of nitrogens with one attached hydrogen (secondary N) is 1. The molecule has 0 saturated carbocycles. The number of benzene rings is 1. The standard InChI is InChI=1S/C12H12F3NO3S/c13-12(14,15)7-20-6-10(17)16-9-3-1-2-8(4-9)5-11(18)19/h1-4H,5-7H2,(H,16,17)(H,18,19). The SMILES string of the molecule is O=C(O)Cc1cccc(NC(=O)CSCC(F)(F)F)c1. The van der Waals surface area contributed by atoms with Crippen LogP contribution in [0.3, 0.4) is 0 Å². The summed E-state index contributed by atoms with van der Waals surface area (Å²) in [6, 6.07) is 6.16. The van der Waals surface area contributed by atoms with Crippen molar-refractivity contribution in [1.82, 2.24) is 0 Å². The molecule has 1 aromatic carbocycles. The van der Waals surface area contributed by atoms with Crippen molar-refractivity contribution in [1.29, 1.82) is 0 Å². The lowest BCUT2D eigenvalue weighted by molar-refractivity contribution is -0.136. The van der Waals surface area contributed by atoms with Crippen molar-refractivity contribution in [3.63, 3.8) is 0 Å². The first-order chi connectivity index (χ1) is 9.26. The minimum absolute atomic E-state index is 0.188. The van der Waals surface area contributed by atoms with Crippen LogP contribution < -0.4 is 5.32 Å². The Morgan fingerprint density at radius 2 is 2.00 bits per heavy atom. The molecule has 110 valence electrons. The zero-order chi connectivity index (χ0) is 15.2. The highest BCUT2D eigenvalue weighted by Crippen LogP contribution is 2.21. The van der Waals surface area contributed by atoms with Gasteiger partial charge in [0.15, 0.2) is 0 Å². The predicted octanol–water partition coefficient (Wildman–Crippen LogP) is 2.55. The quantitative estimate of drug-likeness (QED) is 0.847. The van der Waals surface area contributed by atoms with Crippen LogP contribution in [0.5, 0.6) is 0 Å². The smallest absolute Gasteiger partial charge is 0.397 e. The Morgan fingerprint density at radius 3 is 2.60 bits per heavy atom. The Bertz CT molecular complexity index is 491. The number of amides is 1. The van der Waals surface area contributed by atoms with Crippen LogP contribution >= 0.6 is 11.8 Å². The largest absolute Gasteiger partial charge is 0.481 e. The van der Waals surface area contributed by atoms with Crippen LogP contribution in [-0.2, 0) is 16.0 Å². The molecule has 0 atom stereocenters. The number of alkyl halides is 3. The van der Waals surface area contributed by atoms with Gasteiger partial charge in [0.25, 0.3) is 0 Å². The van der Waals surface area contributed by atoms with Crippen molar-refractivity contribution >= 4 is 29.3 Å². The summed E-state index contributed by atoms with van der Waals surface area (Å²) in [5.41, 5.74) is 0.861. The zero-order valence-corrected chi connectivity index (χ0v) is 11.1. The zero-order valence-electron chi connectivity index (χ0n) is 10.2. The molecule has 20 heavy (non-hydrogen) atoms. The van der Waals surface area contributed by atoms with E-state index in [0.29, 0.717) is 23.0 Å². The van der Waals surface area contributed by atoms with Gasteiger partial charge in [-0.25, -0.2) is 0 Å². The predicted molar refractivity (Wildman–Crippen MR) is 69.8 cm³/mol. The fraction of sp³-hybridized carbons (Fsp3) is 0.333. The average Bonchev–Trinajstić information content (AvgIpc) is 2.26. The molecule has 0 radical (unpaired) electrons. The van der Waals surface area contributed by atoms with E-state index in [0.717, 1.165) is 0 Å². The minimum Gasteiger partial charge on any atom is -0.481 e. The normalized spacial score (nSPS) is 11.2.